The lowest BCUT2D eigenvalue weighted by Gasteiger charge is -2.12. The Bertz CT molecular complexity index is 213. The normalized spacial score (nSPS) is 11.1. The SMILES string of the molecule is COC(=O)N(O)CCCP(=O)(O)O. The van der Waals surface area contributed by atoms with Crippen LogP contribution in [0.15, 0.2) is 0 Å². The van der Waals surface area contributed by atoms with E-state index in [1.54, 1.807) is 0 Å². The van der Waals surface area contributed by atoms with Crippen LogP contribution < -0.4 is 0 Å². The molecule has 0 fully saturated rings. The number of carbonyl (C=O) groups is 1. The Hall–Kier alpha value is -0.620. The second-order valence-electron chi connectivity index (χ2n) is 2.34. The van der Waals surface area contributed by atoms with Gasteiger partial charge in [0.05, 0.1) is 19.8 Å². The third kappa shape index (κ3) is 6.53. The highest BCUT2D eigenvalue weighted by molar-refractivity contribution is 7.51. The summed E-state index contributed by atoms with van der Waals surface area (Å²) in [5, 5.41) is 9.08. The first kappa shape index (κ1) is 12.4. The first-order valence-corrected chi connectivity index (χ1v) is 5.25. The Morgan fingerprint density at radius 1 is 1.54 bits per heavy atom. The summed E-state index contributed by atoms with van der Waals surface area (Å²) in [6, 6.07) is 0. The predicted molar refractivity (Wildman–Crippen MR) is 42.4 cm³/mol. The molecule has 0 aromatic carbocycles. The maximum atomic E-state index is 10.5. The van der Waals surface area contributed by atoms with E-state index in [1.165, 1.54) is 0 Å². The summed E-state index contributed by atoms with van der Waals surface area (Å²) >= 11 is 0. The molecule has 0 aromatic heterocycles. The van der Waals surface area contributed by atoms with Gasteiger partial charge in [-0.1, -0.05) is 0 Å². The zero-order valence-electron chi connectivity index (χ0n) is 7.08. The number of hydroxylamine groups is 2. The summed E-state index contributed by atoms with van der Waals surface area (Å²) in [5.74, 6) is 0. The molecule has 0 unspecified atom stereocenters. The minimum atomic E-state index is -4.05. The van der Waals surface area contributed by atoms with Crippen molar-refractivity contribution >= 4 is 13.7 Å². The van der Waals surface area contributed by atoms with Crippen LogP contribution in [-0.2, 0) is 9.30 Å². The number of carbonyl (C=O) groups excluding carboxylic acids is 1. The van der Waals surface area contributed by atoms with E-state index >= 15 is 0 Å². The Labute approximate surface area is 75.0 Å². The first-order valence-electron chi connectivity index (χ1n) is 3.46. The summed E-state index contributed by atoms with van der Waals surface area (Å²) < 4.78 is 14.5. The largest absolute Gasteiger partial charge is 0.451 e. The Morgan fingerprint density at radius 2 is 2.08 bits per heavy atom. The van der Waals surface area contributed by atoms with Crippen LogP contribution in [0.3, 0.4) is 0 Å². The summed E-state index contributed by atoms with van der Waals surface area (Å²) in [7, 11) is -2.96. The molecule has 3 N–H and O–H groups in total. The van der Waals surface area contributed by atoms with Crippen LogP contribution in [0.2, 0.25) is 0 Å². The van der Waals surface area contributed by atoms with Gasteiger partial charge in [0, 0.05) is 0 Å². The third-order valence-corrected chi connectivity index (χ3v) is 2.10. The van der Waals surface area contributed by atoms with Crippen molar-refractivity contribution in [3.63, 3.8) is 0 Å². The fraction of sp³-hybridized carbons (Fsp3) is 0.800. The number of hydrogen-bond donors (Lipinski definition) is 3. The van der Waals surface area contributed by atoms with Crippen molar-refractivity contribution in [2.75, 3.05) is 19.8 Å². The van der Waals surface area contributed by atoms with Gasteiger partial charge < -0.3 is 14.5 Å². The van der Waals surface area contributed by atoms with Crippen LogP contribution in [-0.4, -0.2) is 46.0 Å². The van der Waals surface area contributed by atoms with Crippen LogP contribution in [0.25, 0.3) is 0 Å². The van der Waals surface area contributed by atoms with Gasteiger partial charge in [-0.05, 0) is 6.42 Å². The van der Waals surface area contributed by atoms with Crippen LogP contribution >= 0.6 is 7.60 Å². The van der Waals surface area contributed by atoms with E-state index in [0.29, 0.717) is 0 Å². The lowest BCUT2D eigenvalue weighted by atomic mass is 10.5. The second kappa shape index (κ2) is 5.18. The lowest BCUT2D eigenvalue weighted by molar-refractivity contribution is -0.0687. The fourth-order valence-corrected chi connectivity index (χ4v) is 1.18. The molecule has 1 amide bonds. The van der Waals surface area contributed by atoms with Crippen molar-refractivity contribution in [2.24, 2.45) is 0 Å². The monoisotopic (exact) mass is 213 g/mol. The number of ether oxygens (including phenoxy) is 1. The van der Waals surface area contributed by atoms with Crippen LogP contribution in [0.1, 0.15) is 6.42 Å². The minimum absolute atomic E-state index is 0.00980. The molecule has 0 bridgehead atoms. The van der Waals surface area contributed by atoms with E-state index in [9.17, 15) is 9.36 Å². The smallest absolute Gasteiger partial charge is 0.433 e. The molecule has 0 rings (SSSR count). The van der Waals surface area contributed by atoms with Crippen molar-refractivity contribution < 1.29 is 29.1 Å². The molecule has 7 nitrogen and oxygen atoms in total. The number of amides is 1. The first-order chi connectivity index (χ1) is 5.87. The van der Waals surface area contributed by atoms with Gasteiger partial charge in [0.25, 0.3) is 0 Å². The molecule has 0 aliphatic carbocycles. The van der Waals surface area contributed by atoms with E-state index < -0.39 is 13.7 Å². The molecule has 0 atom stereocenters. The maximum Gasteiger partial charge on any atom is 0.433 e. The summed E-state index contributed by atoms with van der Waals surface area (Å²) in [6.07, 6.45) is -1.32. The highest BCUT2D eigenvalue weighted by Crippen LogP contribution is 2.34. The molecule has 0 saturated heterocycles. The van der Waals surface area contributed by atoms with Gasteiger partial charge in [-0.25, -0.2) is 4.79 Å². The number of nitrogens with zero attached hydrogens (tertiary/aromatic N) is 1. The molecule has 0 aliphatic heterocycles. The quantitative estimate of drug-likeness (QED) is 0.345. The van der Waals surface area contributed by atoms with E-state index in [2.05, 4.69) is 4.74 Å². The van der Waals surface area contributed by atoms with E-state index in [4.69, 9.17) is 15.0 Å². The number of rotatable bonds is 4. The average Bonchev–Trinajstić information content (AvgIpc) is 2.00. The summed E-state index contributed by atoms with van der Waals surface area (Å²) in [6.45, 7) is -0.169. The number of hydrogen-bond acceptors (Lipinski definition) is 4. The zero-order valence-corrected chi connectivity index (χ0v) is 7.98. The standard InChI is InChI=1S/C5H12NO6P/c1-12-5(7)6(8)3-2-4-13(9,10)11/h8H,2-4H2,1H3,(H2,9,10,11). The van der Waals surface area contributed by atoms with Crippen molar-refractivity contribution in [3.05, 3.63) is 0 Å². The lowest BCUT2D eigenvalue weighted by Crippen LogP contribution is -2.28. The van der Waals surface area contributed by atoms with Crippen LogP contribution in [0.4, 0.5) is 4.79 Å². The van der Waals surface area contributed by atoms with Crippen molar-refractivity contribution in [1.82, 2.24) is 5.06 Å². The Kier molecular flexibility index (Phi) is 4.94. The highest BCUT2D eigenvalue weighted by Gasteiger charge is 2.15. The molecular weight excluding hydrogens is 201 g/mol. The van der Waals surface area contributed by atoms with Gasteiger partial charge in [-0.15, -0.1) is 0 Å². The molecule has 0 aliphatic rings. The van der Waals surface area contributed by atoms with Crippen molar-refractivity contribution in [1.29, 1.82) is 0 Å². The topological polar surface area (TPSA) is 107 Å². The van der Waals surface area contributed by atoms with Gasteiger partial charge in [-0.3, -0.25) is 9.77 Å². The molecule has 0 radical (unpaired) electrons. The predicted octanol–water partition coefficient (Wildman–Crippen LogP) is 0.0118. The molecule has 0 spiro atoms. The highest BCUT2D eigenvalue weighted by atomic mass is 31.2. The molecule has 0 aromatic rings. The van der Waals surface area contributed by atoms with Gasteiger partial charge >= 0.3 is 13.7 Å². The van der Waals surface area contributed by atoms with E-state index in [1.807, 2.05) is 0 Å². The second-order valence-corrected chi connectivity index (χ2v) is 4.11. The molecular formula is C5H12NO6P. The number of methoxy groups -OCH3 is 1. The van der Waals surface area contributed by atoms with Gasteiger partial charge in [0.2, 0.25) is 0 Å². The third-order valence-electron chi connectivity index (χ3n) is 1.20. The molecule has 0 heterocycles. The van der Waals surface area contributed by atoms with Gasteiger partial charge in [0.1, 0.15) is 0 Å². The van der Waals surface area contributed by atoms with Gasteiger partial charge in [0.15, 0.2) is 0 Å². The van der Waals surface area contributed by atoms with Crippen LogP contribution in [0, 0.1) is 0 Å². The zero-order chi connectivity index (χ0) is 10.5. The van der Waals surface area contributed by atoms with Crippen molar-refractivity contribution in [3.8, 4) is 0 Å². The van der Waals surface area contributed by atoms with Gasteiger partial charge in [-0.2, -0.15) is 5.06 Å². The Balaban J connectivity index is 3.66. The molecule has 0 saturated carbocycles. The summed E-state index contributed by atoms with van der Waals surface area (Å²) in [5.41, 5.74) is 0. The molecule has 8 heteroatoms. The fourth-order valence-electron chi connectivity index (χ4n) is 0.623. The van der Waals surface area contributed by atoms with E-state index in [-0.39, 0.29) is 24.2 Å². The maximum absolute atomic E-state index is 10.5. The molecule has 78 valence electrons. The molecule has 13 heavy (non-hydrogen) atoms. The Morgan fingerprint density at radius 3 is 2.46 bits per heavy atom. The van der Waals surface area contributed by atoms with Crippen LogP contribution in [0.5, 0.6) is 0 Å². The summed E-state index contributed by atoms with van der Waals surface area (Å²) in [4.78, 5) is 27.4. The minimum Gasteiger partial charge on any atom is -0.451 e. The average molecular weight is 213 g/mol. The van der Waals surface area contributed by atoms with Crippen molar-refractivity contribution in [2.45, 2.75) is 6.42 Å². The van der Waals surface area contributed by atoms with E-state index in [0.717, 1.165) is 7.11 Å².